The summed E-state index contributed by atoms with van der Waals surface area (Å²) in [5.41, 5.74) is 3.17. The minimum atomic E-state index is -0.144. The van der Waals surface area contributed by atoms with Gasteiger partial charge in [0.2, 0.25) is 0 Å². The molecule has 1 saturated heterocycles. The fourth-order valence-corrected chi connectivity index (χ4v) is 3.81. The van der Waals surface area contributed by atoms with Crippen LogP contribution in [0.4, 0.5) is 5.69 Å². The van der Waals surface area contributed by atoms with E-state index in [1.165, 1.54) is 11.3 Å². The number of rotatable bonds is 5. The van der Waals surface area contributed by atoms with E-state index in [4.69, 9.17) is 0 Å². The third-order valence-corrected chi connectivity index (χ3v) is 5.52. The SMILES string of the molecule is CN1CCN(Cc2cccc(C(=O)Nc3cn[nH]c3-c3nccs3)c2)CC1. The van der Waals surface area contributed by atoms with Gasteiger partial charge in [-0.05, 0) is 24.7 Å². The van der Waals surface area contributed by atoms with Gasteiger partial charge in [0.25, 0.3) is 5.91 Å². The molecule has 0 aliphatic carbocycles. The van der Waals surface area contributed by atoms with Crippen LogP contribution in [0.5, 0.6) is 0 Å². The number of hydrogen-bond acceptors (Lipinski definition) is 6. The van der Waals surface area contributed by atoms with E-state index in [2.05, 4.69) is 43.4 Å². The molecule has 3 heterocycles. The maximum Gasteiger partial charge on any atom is 0.255 e. The molecule has 4 rings (SSSR count). The number of amides is 1. The van der Waals surface area contributed by atoms with Gasteiger partial charge in [-0.3, -0.25) is 14.8 Å². The lowest BCUT2D eigenvalue weighted by molar-refractivity contribution is 0.102. The number of aromatic amines is 1. The molecule has 0 atom stereocenters. The van der Waals surface area contributed by atoms with Crippen molar-refractivity contribution in [3.63, 3.8) is 0 Å². The van der Waals surface area contributed by atoms with Gasteiger partial charge in [-0.15, -0.1) is 11.3 Å². The molecule has 0 radical (unpaired) electrons. The molecule has 140 valence electrons. The number of piperazine rings is 1. The third-order valence-electron chi connectivity index (χ3n) is 4.72. The molecular formula is C19H22N6OS. The van der Waals surface area contributed by atoms with Gasteiger partial charge >= 0.3 is 0 Å². The van der Waals surface area contributed by atoms with Gasteiger partial charge in [0.1, 0.15) is 10.7 Å². The van der Waals surface area contributed by atoms with Crippen LogP contribution in [0, 0.1) is 0 Å². The predicted molar refractivity (Wildman–Crippen MR) is 107 cm³/mol. The molecule has 27 heavy (non-hydrogen) atoms. The zero-order chi connectivity index (χ0) is 18.6. The van der Waals surface area contributed by atoms with Gasteiger partial charge in [0.15, 0.2) is 0 Å². The second-order valence-corrected chi connectivity index (χ2v) is 7.62. The van der Waals surface area contributed by atoms with Gasteiger partial charge in [-0.25, -0.2) is 4.98 Å². The Morgan fingerprint density at radius 2 is 2.15 bits per heavy atom. The van der Waals surface area contributed by atoms with Crippen LogP contribution >= 0.6 is 11.3 Å². The summed E-state index contributed by atoms with van der Waals surface area (Å²) in [6.07, 6.45) is 3.34. The number of carbonyl (C=O) groups excluding carboxylic acids is 1. The fourth-order valence-electron chi connectivity index (χ4n) is 3.16. The van der Waals surface area contributed by atoms with Crippen LogP contribution in [0.25, 0.3) is 10.7 Å². The van der Waals surface area contributed by atoms with Crippen LogP contribution in [-0.4, -0.2) is 64.1 Å². The zero-order valence-electron chi connectivity index (χ0n) is 15.2. The summed E-state index contributed by atoms with van der Waals surface area (Å²) in [5, 5.41) is 12.6. The fraction of sp³-hybridized carbons (Fsp3) is 0.316. The highest BCUT2D eigenvalue weighted by Gasteiger charge is 2.16. The summed E-state index contributed by atoms with van der Waals surface area (Å²) in [5.74, 6) is -0.144. The van der Waals surface area contributed by atoms with Crippen LogP contribution in [0.1, 0.15) is 15.9 Å². The first-order valence-corrected chi connectivity index (χ1v) is 9.81. The number of aromatic nitrogens is 3. The highest BCUT2D eigenvalue weighted by Crippen LogP contribution is 2.27. The van der Waals surface area contributed by atoms with Crippen molar-refractivity contribution in [2.75, 3.05) is 38.5 Å². The molecule has 0 unspecified atom stereocenters. The topological polar surface area (TPSA) is 77.1 Å². The van der Waals surface area contributed by atoms with E-state index in [-0.39, 0.29) is 5.91 Å². The van der Waals surface area contributed by atoms with Crippen molar-refractivity contribution >= 4 is 22.9 Å². The first kappa shape index (κ1) is 17.8. The summed E-state index contributed by atoms with van der Waals surface area (Å²) in [4.78, 5) is 21.8. The highest BCUT2D eigenvalue weighted by molar-refractivity contribution is 7.13. The number of likely N-dealkylation sites (N-methyl/N-ethyl adjacent to an activating group) is 1. The zero-order valence-corrected chi connectivity index (χ0v) is 16.0. The molecule has 0 spiro atoms. The maximum absolute atomic E-state index is 12.7. The first-order valence-electron chi connectivity index (χ1n) is 8.93. The Balaban J connectivity index is 1.45. The van der Waals surface area contributed by atoms with E-state index in [1.54, 1.807) is 12.4 Å². The Bertz CT molecular complexity index is 899. The minimum absolute atomic E-state index is 0.144. The highest BCUT2D eigenvalue weighted by atomic mass is 32.1. The Labute approximate surface area is 162 Å². The Hall–Kier alpha value is -2.55. The Morgan fingerprint density at radius 1 is 1.30 bits per heavy atom. The number of carbonyl (C=O) groups is 1. The summed E-state index contributed by atoms with van der Waals surface area (Å²) in [6.45, 7) is 5.14. The Kier molecular flexibility index (Phi) is 5.28. The van der Waals surface area contributed by atoms with Crippen LogP contribution < -0.4 is 5.32 Å². The molecule has 1 aliphatic rings. The summed E-state index contributed by atoms with van der Waals surface area (Å²) in [7, 11) is 2.15. The molecule has 2 aromatic heterocycles. The lowest BCUT2D eigenvalue weighted by atomic mass is 10.1. The first-order chi connectivity index (χ1) is 13.2. The minimum Gasteiger partial charge on any atom is -0.319 e. The molecule has 0 saturated carbocycles. The molecule has 3 aromatic rings. The molecule has 1 aliphatic heterocycles. The van der Waals surface area contributed by atoms with Crippen LogP contribution in [-0.2, 0) is 6.54 Å². The molecule has 1 amide bonds. The molecule has 0 bridgehead atoms. The quantitative estimate of drug-likeness (QED) is 0.709. The smallest absolute Gasteiger partial charge is 0.255 e. The van der Waals surface area contributed by atoms with Crippen LogP contribution in [0.15, 0.2) is 42.0 Å². The molecule has 1 aromatic carbocycles. The lowest BCUT2D eigenvalue weighted by Crippen LogP contribution is -2.43. The van der Waals surface area contributed by atoms with E-state index in [1.807, 2.05) is 23.6 Å². The second-order valence-electron chi connectivity index (χ2n) is 6.73. The van der Waals surface area contributed by atoms with E-state index in [9.17, 15) is 4.79 Å². The van der Waals surface area contributed by atoms with E-state index >= 15 is 0 Å². The van der Waals surface area contributed by atoms with E-state index < -0.39 is 0 Å². The molecule has 2 N–H and O–H groups in total. The monoisotopic (exact) mass is 382 g/mol. The number of nitrogens with one attached hydrogen (secondary N) is 2. The normalized spacial score (nSPS) is 15.7. The lowest BCUT2D eigenvalue weighted by Gasteiger charge is -2.32. The number of hydrogen-bond donors (Lipinski definition) is 2. The number of thiazole rings is 1. The third kappa shape index (κ3) is 4.24. The molecule has 8 heteroatoms. The maximum atomic E-state index is 12.7. The van der Waals surface area contributed by atoms with E-state index in [0.29, 0.717) is 11.3 Å². The summed E-state index contributed by atoms with van der Waals surface area (Å²) >= 11 is 1.50. The van der Waals surface area contributed by atoms with Crippen LogP contribution in [0.2, 0.25) is 0 Å². The van der Waals surface area contributed by atoms with Gasteiger partial charge in [0, 0.05) is 49.9 Å². The summed E-state index contributed by atoms with van der Waals surface area (Å²) in [6, 6.07) is 7.83. The number of benzene rings is 1. The van der Waals surface area contributed by atoms with Gasteiger partial charge in [-0.1, -0.05) is 12.1 Å². The largest absolute Gasteiger partial charge is 0.319 e. The Morgan fingerprint density at radius 3 is 2.93 bits per heavy atom. The number of anilines is 1. The van der Waals surface area contributed by atoms with Crippen molar-refractivity contribution in [2.45, 2.75) is 6.54 Å². The van der Waals surface area contributed by atoms with Gasteiger partial charge in [-0.2, -0.15) is 5.10 Å². The number of H-pyrrole nitrogens is 1. The average Bonchev–Trinajstić information content (AvgIpc) is 3.35. The summed E-state index contributed by atoms with van der Waals surface area (Å²) < 4.78 is 0. The van der Waals surface area contributed by atoms with Crippen molar-refractivity contribution in [2.24, 2.45) is 0 Å². The van der Waals surface area contributed by atoms with E-state index in [0.717, 1.165) is 49.0 Å². The standard InChI is InChI=1S/C19H22N6OS/c1-24-6-8-25(9-7-24)13-14-3-2-4-15(11-14)18(26)22-16-12-21-23-17(16)19-20-5-10-27-19/h2-5,10-12H,6-9,13H2,1H3,(H,21,23)(H,22,26). The van der Waals surface area contributed by atoms with Crippen LogP contribution in [0.3, 0.4) is 0 Å². The van der Waals surface area contributed by atoms with Crippen molar-refractivity contribution < 1.29 is 4.79 Å². The van der Waals surface area contributed by atoms with Crippen molar-refractivity contribution in [3.05, 3.63) is 53.2 Å². The molecule has 1 fully saturated rings. The van der Waals surface area contributed by atoms with Gasteiger partial charge in [0.05, 0.1) is 11.9 Å². The number of nitrogens with zero attached hydrogens (tertiary/aromatic N) is 4. The second kappa shape index (κ2) is 7.99. The van der Waals surface area contributed by atoms with Crippen molar-refractivity contribution in [3.8, 4) is 10.7 Å². The van der Waals surface area contributed by atoms with Gasteiger partial charge < -0.3 is 10.2 Å². The van der Waals surface area contributed by atoms with Crippen molar-refractivity contribution in [1.29, 1.82) is 0 Å². The molecular weight excluding hydrogens is 360 g/mol. The average molecular weight is 382 g/mol. The molecule has 7 nitrogen and oxygen atoms in total. The van der Waals surface area contributed by atoms with Crippen molar-refractivity contribution in [1.82, 2.24) is 25.0 Å². The predicted octanol–water partition coefficient (Wildman–Crippen LogP) is 2.53.